The maximum absolute atomic E-state index is 11.0. The van der Waals surface area contributed by atoms with Crippen molar-refractivity contribution in [3.05, 3.63) is 12.2 Å². The number of aromatic nitrogens is 3. The molecule has 0 amide bonds. The summed E-state index contributed by atoms with van der Waals surface area (Å²) in [5.41, 5.74) is 5.22. The number of hydrogen-bond acceptors (Lipinski definition) is 6. The first kappa shape index (κ1) is 12.5. The summed E-state index contributed by atoms with van der Waals surface area (Å²) in [5.74, 6) is 1.42. The summed E-state index contributed by atoms with van der Waals surface area (Å²) in [6.07, 6.45) is 3.38. The van der Waals surface area contributed by atoms with E-state index in [4.69, 9.17) is 5.73 Å². The number of carbonyl (C=O) groups is 1. The van der Waals surface area contributed by atoms with Crippen LogP contribution in [0.1, 0.15) is 18.7 Å². The van der Waals surface area contributed by atoms with E-state index in [0.717, 1.165) is 6.42 Å². The fourth-order valence-corrected chi connectivity index (χ4v) is 1.20. The lowest BCUT2D eigenvalue weighted by Gasteiger charge is -2.09. The lowest BCUT2D eigenvalue weighted by Crippen LogP contribution is -2.15. The average Bonchev–Trinajstić information content (AvgIpc) is 2.29. The summed E-state index contributed by atoms with van der Waals surface area (Å²) in [7, 11) is 3.74. The van der Waals surface area contributed by atoms with E-state index >= 15 is 0 Å². The number of hydrogen-bond donors (Lipinski definition) is 1. The Bertz CT molecular complexity index is 353. The van der Waals surface area contributed by atoms with E-state index in [1.807, 2.05) is 19.0 Å². The summed E-state index contributed by atoms with van der Waals surface area (Å²) >= 11 is 0. The van der Waals surface area contributed by atoms with Gasteiger partial charge in [-0.1, -0.05) is 0 Å². The highest BCUT2D eigenvalue weighted by molar-refractivity contribution is 5.80. The predicted molar refractivity (Wildman–Crippen MR) is 61.2 cm³/mol. The van der Waals surface area contributed by atoms with Crippen molar-refractivity contribution in [3.8, 4) is 0 Å². The fraction of sp³-hybridized carbons (Fsp3) is 0.600. The van der Waals surface area contributed by atoms with Crippen molar-refractivity contribution in [1.82, 2.24) is 15.0 Å². The Morgan fingerprint density at radius 1 is 1.44 bits per heavy atom. The molecular formula is C10H17N5O. The van der Waals surface area contributed by atoms with Crippen LogP contribution in [0.5, 0.6) is 0 Å². The quantitative estimate of drug-likeness (QED) is 0.718. The molecule has 1 rings (SSSR count). The third-order valence-corrected chi connectivity index (χ3v) is 2.09. The van der Waals surface area contributed by atoms with Gasteiger partial charge in [-0.15, -0.1) is 0 Å². The number of rotatable bonds is 6. The molecule has 0 aliphatic rings. The summed E-state index contributed by atoms with van der Waals surface area (Å²) in [4.78, 5) is 25.1. The van der Waals surface area contributed by atoms with Crippen molar-refractivity contribution in [2.45, 2.75) is 19.3 Å². The molecule has 0 unspecified atom stereocenters. The number of nitrogens with zero attached hydrogens (tertiary/aromatic N) is 4. The van der Waals surface area contributed by atoms with Gasteiger partial charge < -0.3 is 10.6 Å². The zero-order chi connectivity index (χ0) is 12.0. The Morgan fingerprint density at radius 3 is 2.81 bits per heavy atom. The highest BCUT2D eigenvalue weighted by atomic mass is 16.1. The zero-order valence-electron chi connectivity index (χ0n) is 9.68. The van der Waals surface area contributed by atoms with Crippen LogP contribution >= 0.6 is 0 Å². The fourth-order valence-electron chi connectivity index (χ4n) is 1.20. The Morgan fingerprint density at radius 2 is 2.19 bits per heavy atom. The average molecular weight is 223 g/mol. The Balaban J connectivity index is 2.48. The SMILES string of the molecule is CN(C)c1ncnc(CCCC(=O)CN)n1. The molecule has 0 aliphatic heterocycles. The zero-order valence-corrected chi connectivity index (χ0v) is 9.68. The largest absolute Gasteiger partial charge is 0.347 e. The maximum atomic E-state index is 11.0. The van der Waals surface area contributed by atoms with Crippen molar-refractivity contribution in [2.75, 3.05) is 25.5 Å². The van der Waals surface area contributed by atoms with Gasteiger partial charge in [-0.25, -0.2) is 9.97 Å². The Kier molecular flexibility index (Phi) is 4.78. The van der Waals surface area contributed by atoms with Crippen molar-refractivity contribution in [2.24, 2.45) is 5.73 Å². The summed E-state index contributed by atoms with van der Waals surface area (Å²) in [6, 6.07) is 0. The van der Waals surface area contributed by atoms with Crippen molar-refractivity contribution >= 4 is 11.7 Å². The monoisotopic (exact) mass is 223 g/mol. The van der Waals surface area contributed by atoms with Gasteiger partial charge >= 0.3 is 0 Å². The Hall–Kier alpha value is -1.56. The first-order chi connectivity index (χ1) is 7.63. The highest BCUT2D eigenvalue weighted by Crippen LogP contribution is 2.04. The maximum Gasteiger partial charge on any atom is 0.228 e. The molecule has 1 heterocycles. The van der Waals surface area contributed by atoms with Gasteiger partial charge in [0, 0.05) is 26.9 Å². The Labute approximate surface area is 94.9 Å². The number of carbonyl (C=O) groups excluding carboxylic acids is 1. The van der Waals surface area contributed by atoms with Crippen LogP contribution in [0.2, 0.25) is 0 Å². The third kappa shape index (κ3) is 3.90. The van der Waals surface area contributed by atoms with E-state index in [1.54, 1.807) is 0 Å². The molecule has 0 spiro atoms. The molecule has 0 aliphatic carbocycles. The topological polar surface area (TPSA) is 85.0 Å². The van der Waals surface area contributed by atoms with Crippen molar-refractivity contribution < 1.29 is 4.79 Å². The number of ketones is 1. The van der Waals surface area contributed by atoms with E-state index in [1.165, 1.54) is 6.33 Å². The second-order valence-electron chi connectivity index (χ2n) is 3.69. The van der Waals surface area contributed by atoms with Gasteiger partial charge in [0.2, 0.25) is 5.95 Å². The molecule has 6 heteroatoms. The molecule has 0 bridgehead atoms. The van der Waals surface area contributed by atoms with Crippen LogP contribution in [0.15, 0.2) is 6.33 Å². The standard InChI is InChI=1S/C10H17N5O/c1-15(2)10-13-7-12-9(14-10)5-3-4-8(16)6-11/h7H,3-6,11H2,1-2H3. The molecule has 88 valence electrons. The molecule has 2 N–H and O–H groups in total. The predicted octanol–water partition coefficient (Wildman–Crippen LogP) is -0.212. The first-order valence-corrected chi connectivity index (χ1v) is 5.20. The molecule has 1 aromatic rings. The molecule has 0 atom stereocenters. The van der Waals surface area contributed by atoms with Crippen LogP contribution in [0, 0.1) is 0 Å². The van der Waals surface area contributed by atoms with Gasteiger partial charge in [0.25, 0.3) is 0 Å². The minimum atomic E-state index is 0.0712. The van der Waals surface area contributed by atoms with Crippen LogP contribution < -0.4 is 10.6 Å². The molecule has 6 nitrogen and oxygen atoms in total. The normalized spacial score (nSPS) is 10.2. The van der Waals surface area contributed by atoms with E-state index in [-0.39, 0.29) is 12.3 Å². The highest BCUT2D eigenvalue weighted by Gasteiger charge is 2.04. The number of aryl methyl sites for hydroxylation is 1. The number of Topliss-reactive ketones (excluding diaryl/α,β-unsaturated/α-hetero) is 1. The van der Waals surface area contributed by atoms with E-state index < -0.39 is 0 Å². The smallest absolute Gasteiger partial charge is 0.228 e. The lowest BCUT2D eigenvalue weighted by molar-refractivity contribution is -0.117. The number of anilines is 1. The summed E-state index contributed by atoms with van der Waals surface area (Å²) in [6.45, 7) is 0.111. The first-order valence-electron chi connectivity index (χ1n) is 5.20. The summed E-state index contributed by atoms with van der Waals surface area (Å²) in [5, 5.41) is 0. The van der Waals surface area contributed by atoms with Gasteiger partial charge in [-0.3, -0.25) is 4.79 Å². The van der Waals surface area contributed by atoms with E-state index in [0.29, 0.717) is 24.6 Å². The molecule has 0 saturated heterocycles. The van der Waals surface area contributed by atoms with Gasteiger partial charge in [0.05, 0.1) is 6.54 Å². The lowest BCUT2D eigenvalue weighted by atomic mass is 10.2. The molecule has 0 saturated carbocycles. The van der Waals surface area contributed by atoms with Crippen LogP contribution in [0.3, 0.4) is 0 Å². The number of nitrogens with two attached hydrogens (primary N) is 1. The molecule has 1 aromatic heterocycles. The molecule has 0 radical (unpaired) electrons. The molecule has 16 heavy (non-hydrogen) atoms. The van der Waals surface area contributed by atoms with E-state index in [9.17, 15) is 4.79 Å². The third-order valence-electron chi connectivity index (χ3n) is 2.09. The van der Waals surface area contributed by atoms with Gasteiger partial charge in [-0.2, -0.15) is 4.98 Å². The minimum absolute atomic E-state index is 0.0712. The van der Waals surface area contributed by atoms with Gasteiger partial charge in [-0.05, 0) is 6.42 Å². The second-order valence-corrected chi connectivity index (χ2v) is 3.69. The second kappa shape index (κ2) is 6.12. The van der Waals surface area contributed by atoms with Gasteiger partial charge in [0.15, 0.2) is 0 Å². The molecular weight excluding hydrogens is 206 g/mol. The molecule has 0 aromatic carbocycles. The van der Waals surface area contributed by atoms with Crippen LogP contribution in [0.25, 0.3) is 0 Å². The van der Waals surface area contributed by atoms with Gasteiger partial charge in [0.1, 0.15) is 17.9 Å². The van der Waals surface area contributed by atoms with Crippen LogP contribution in [0.4, 0.5) is 5.95 Å². The van der Waals surface area contributed by atoms with Crippen LogP contribution in [-0.2, 0) is 11.2 Å². The summed E-state index contributed by atoms with van der Waals surface area (Å²) < 4.78 is 0. The molecule has 0 fully saturated rings. The van der Waals surface area contributed by atoms with Crippen molar-refractivity contribution in [3.63, 3.8) is 0 Å². The minimum Gasteiger partial charge on any atom is -0.347 e. The van der Waals surface area contributed by atoms with Crippen LogP contribution in [-0.4, -0.2) is 41.4 Å². The van der Waals surface area contributed by atoms with Crippen molar-refractivity contribution in [1.29, 1.82) is 0 Å². The van der Waals surface area contributed by atoms with E-state index in [2.05, 4.69) is 15.0 Å².